The van der Waals surface area contributed by atoms with Gasteiger partial charge in [0.15, 0.2) is 12.3 Å². The van der Waals surface area contributed by atoms with Gasteiger partial charge in [-0.2, -0.15) is 0 Å². The Morgan fingerprint density at radius 2 is 1.91 bits per heavy atom. The second kappa shape index (κ2) is 7.67. The van der Waals surface area contributed by atoms with Gasteiger partial charge in [0, 0.05) is 12.6 Å². The van der Waals surface area contributed by atoms with E-state index in [1.165, 1.54) is 6.26 Å². The van der Waals surface area contributed by atoms with Crippen molar-refractivity contribution in [2.75, 3.05) is 13.7 Å². The maximum atomic E-state index is 12.3. The monoisotopic (exact) mass is 318 g/mol. The van der Waals surface area contributed by atoms with E-state index in [0.717, 1.165) is 5.75 Å². The summed E-state index contributed by atoms with van der Waals surface area (Å²) >= 11 is 0. The number of aromatic nitrogens is 1. The molecule has 1 heterocycles. The standard InChI is InChI=1S/C17H22N2O4/c1-5-19(12(2)3)17(20)15-10-23-16(18-15)11-22-14-8-6-13(21-4)7-9-14/h6-10,12H,5,11H2,1-4H3. The number of oxazole rings is 1. The van der Waals surface area contributed by atoms with Crippen LogP contribution in [0.3, 0.4) is 0 Å². The summed E-state index contributed by atoms with van der Waals surface area (Å²) in [5, 5.41) is 0. The number of methoxy groups -OCH3 is 1. The minimum atomic E-state index is -0.137. The molecule has 0 N–H and O–H groups in total. The molecule has 0 aliphatic rings. The molecule has 6 heteroatoms. The van der Waals surface area contributed by atoms with Crippen molar-refractivity contribution in [3.63, 3.8) is 0 Å². The smallest absolute Gasteiger partial charge is 0.276 e. The lowest BCUT2D eigenvalue weighted by molar-refractivity contribution is 0.0710. The molecule has 2 rings (SSSR count). The van der Waals surface area contributed by atoms with E-state index in [-0.39, 0.29) is 18.6 Å². The SMILES string of the molecule is CCN(C(=O)c1coc(COc2ccc(OC)cc2)n1)C(C)C. The highest BCUT2D eigenvalue weighted by Crippen LogP contribution is 2.18. The number of nitrogens with zero attached hydrogens (tertiary/aromatic N) is 2. The second-order valence-electron chi connectivity index (χ2n) is 5.28. The van der Waals surface area contributed by atoms with Crippen LogP contribution in [0.5, 0.6) is 11.5 Å². The summed E-state index contributed by atoms with van der Waals surface area (Å²) in [6.07, 6.45) is 1.38. The Balaban J connectivity index is 1.97. The molecule has 0 aliphatic heterocycles. The van der Waals surface area contributed by atoms with Crippen molar-refractivity contribution in [2.24, 2.45) is 0 Å². The molecule has 0 atom stereocenters. The predicted octanol–water partition coefficient (Wildman–Crippen LogP) is 3.13. The van der Waals surface area contributed by atoms with Gasteiger partial charge in [-0.25, -0.2) is 4.98 Å². The highest BCUT2D eigenvalue weighted by atomic mass is 16.5. The quantitative estimate of drug-likeness (QED) is 0.784. The molecular weight excluding hydrogens is 296 g/mol. The number of amides is 1. The molecule has 1 amide bonds. The molecule has 0 saturated heterocycles. The van der Waals surface area contributed by atoms with Crippen molar-refractivity contribution in [2.45, 2.75) is 33.4 Å². The van der Waals surface area contributed by atoms with Crippen LogP contribution in [0.15, 0.2) is 34.9 Å². The Bertz CT molecular complexity index is 634. The molecule has 1 aromatic carbocycles. The molecule has 0 bridgehead atoms. The summed E-state index contributed by atoms with van der Waals surface area (Å²) in [5.41, 5.74) is 0.300. The fraction of sp³-hybridized carbons (Fsp3) is 0.412. The first-order valence-corrected chi connectivity index (χ1v) is 7.57. The Kier molecular flexibility index (Phi) is 5.62. The number of rotatable bonds is 7. The second-order valence-corrected chi connectivity index (χ2v) is 5.28. The van der Waals surface area contributed by atoms with Crippen LogP contribution in [-0.2, 0) is 6.61 Å². The summed E-state index contributed by atoms with van der Waals surface area (Å²) in [4.78, 5) is 18.3. The lowest BCUT2D eigenvalue weighted by atomic mass is 10.3. The lowest BCUT2D eigenvalue weighted by Crippen LogP contribution is -2.36. The zero-order valence-corrected chi connectivity index (χ0v) is 13.9. The van der Waals surface area contributed by atoms with Gasteiger partial charge in [0.25, 0.3) is 5.91 Å². The molecule has 6 nitrogen and oxygen atoms in total. The van der Waals surface area contributed by atoms with Gasteiger partial charge in [-0.1, -0.05) is 0 Å². The van der Waals surface area contributed by atoms with Gasteiger partial charge in [0.2, 0.25) is 5.89 Å². The van der Waals surface area contributed by atoms with E-state index in [0.29, 0.717) is 23.9 Å². The third-order valence-corrected chi connectivity index (χ3v) is 3.42. The number of hydrogen-bond donors (Lipinski definition) is 0. The van der Waals surface area contributed by atoms with Gasteiger partial charge in [0.05, 0.1) is 7.11 Å². The Labute approximate surface area is 136 Å². The van der Waals surface area contributed by atoms with E-state index < -0.39 is 0 Å². The van der Waals surface area contributed by atoms with E-state index in [1.807, 2.05) is 32.9 Å². The molecule has 124 valence electrons. The van der Waals surface area contributed by atoms with Gasteiger partial charge < -0.3 is 18.8 Å². The van der Waals surface area contributed by atoms with E-state index in [9.17, 15) is 4.79 Å². The maximum absolute atomic E-state index is 12.3. The number of hydrogen-bond acceptors (Lipinski definition) is 5. The summed E-state index contributed by atoms with van der Waals surface area (Å²) in [6.45, 7) is 6.66. The molecule has 1 aromatic heterocycles. The largest absolute Gasteiger partial charge is 0.497 e. The molecule has 0 radical (unpaired) electrons. The minimum Gasteiger partial charge on any atom is -0.497 e. The fourth-order valence-corrected chi connectivity index (χ4v) is 2.18. The van der Waals surface area contributed by atoms with Crippen molar-refractivity contribution in [1.29, 1.82) is 0 Å². The Morgan fingerprint density at radius 1 is 1.26 bits per heavy atom. The topological polar surface area (TPSA) is 64.8 Å². The van der Waals surface area contributed by atoms with Crippen LogP contribution < -0.4 is 9.47 Å². The summed E-state index contributed by atoms with van der Waals surface area (Å²) < 4.78 is 16.0. The van der Waals surface area contributed by atoms with Crippen LogP contribution in [-0.4, -0.2) is 35.5 Å². The zero-order valence-electron chi connectivity index (χ0n) is 13.9. The molecular formula is C17H22N2O4. The van der Waals surface area contributed by atoms with Crippen molar-refractivity contribution in [3.8, 4) is 11.5 Å². The van der Waals surface area contributed by atoms with Crippen LogP contribution in [0.25, 0.3) is 0 Å². The maximum Gasteiger partial charge on any atom is 0.276 e. The highest BCUT2D eigenvalue weighted by molar-refractivity contribution is 5.92. The molecule has 0 spiro atoms. The molecule has 0 saturated carbocycles. The first kappa shape index (κ1) is 16.9. The van der Waals surface area contributed by atoms with Gasteiger partial charge >= 0.3 is 0 Å². The number of benzene rings is 1. The normalized spacial score (nSPS) is 10.7. The first-order chi connectivity index (χ1) is 11.0. The molecule has 23 heavy (non-hydrogen) atoms. The van der Waals surface area contributed by atoms with E-state index in [4.69, 9.17) is 13.9 Å². The fourth-order valence-electron chi connectivity index (χ4n) is 2.18. The third kappa shape index (κ3) is 4.25. The van der Waals surface area contributed by atoms with Gasteiger partial charge in [-0.05, 0) is 45.0 Å². The average molecular weight is 318 g/mol. The van der Waals surface area contributed by atoms with E-state index in [1.54, 1.807) is 24.1 Å². The predicted molar refractivity (Wildman–Crippen MR) is 85.7 cm³/mol. The summed E-state index contributed by atoms with van der Waals surface area (Å²) in [6, 6.07) is 7.32. The lowest BCUT2D eigenvalue weighted by Gasteiger charge is -2.23. The van der Waals surface area contributed by atoms with Crippen LogP contribution in [0.2, 0.25) is 0 Å². The van der Waals surface area contributed by atoms with Gasteiger partial charge in [-0.15, -0.1) is 0 Å². The van der Waals surface area contributed by atoms with Crippen molar-refractivity contribution < 1.29 is 18.7 Å². The highest BCUT2D eigenvalue weighted by Gasteiger charge is 2.20. The van der Waals surface area contributed by atoms with Gasteiger partial charge in [-0.3, -0.25) is 4.79 Å². The van der Waals surface area contributed by atoms with Crippen molar-refractivity contribution in [1.82, 2.24) is 9.88 Å². The summed E-state index contributed by atoms with van der Waals surface area (Å²) in [5.74, 6) is 1.66. The first-order valence-electron chi connectivity index (χ1n) is 7.57. The van der Waals surface area contributed by atoms with Crippen molar-refractivity contribution in [3.05, 3.63) is 42.1 Å². The molecule has 0 aliphatic carbocycles. The van der Waals surface area contributed by atoms with Crippen LogP contribution in [0.4, 0.5) is 0 Å². The van der Waals surface area contributed by atoms with Crippen LogP contribution in [0, 0.1) is 0 Å². The zero-order chi connectivity index (χ0) is 16.8. The average Bonchev–Trinajstić information content (AvgIpc) is 3.02. The summed E-state index contributed by atoms with van der Waals surface area (Å²) in [7, 11) is 1.61. The molecule has 2 aromatic rings. The molecule has 0 fully saturated rings. The Morgan fingerprint density at radius 3 is 2.48 bits per heavy atom. The van der Waals surface area contributed by atoms with Gasteiger partial charge in [0.1, 0.15) is 17.8 Å². The third-order valence-electron chi connectivity index (χ3n) is 3.42. The van der Waals surface area contributed by atoms with Crippen LogP contribution in [0.1, 0.15) is 37.2 Å². The van der Waals surface area contributed by atoms with Crippen LogP contribution >= 0.6 is 0 Å². The Hall–Kier alpha value is -2.50. The van der Waals surface area contributed by atoms with E-state index >= 15 is 0 Å². The number of ether oxygens (including phenoxy) is 2. The number of carbonyl (C=O) groups excluding carboxylic acids is 1. The number of carbonyl (C=O) groups is 1. The molecule has 0 unspecified atom stereocenters. The van der Waals surface area contributed by atoms with Crippen molar-refractivity contribution >= 4 is 5.91 Å². The minimum absolute atomic E-state index is 0.114. The van der Waals surface area contributed by atoms with E-state index in [2.05, 4.69) is 4.98 Å².